The predicted molar refractivity (Wildman–Crippen MR) is 137 cm³/mol. The fourth-order valence-corrected chi connectivity index (χ4v) is 4.38. The van der Waals surface area contributed by atoms with Gasteiger partial charge in [-0.2, -0.15) is 0 Å². The zero-order valence-electron chi connectivity index (χ0n) is 18.2. The molecule has 35 heavy (non-hydrogen) atoms. The van der Waals surface area contributed by atoms with E-state index in [4.69, 9.17) is 21.1 Å². The van der Waals surface area contributed by atoms with Crippen molar-refractivity contribution in [2.45, 2.75) is 6.61 Å². The molecule has 0 aromatic heterocycles. The van der Waals surface area contributed by atoms with Crippen LogP contribution in [0.15, 0.2) is 66.2 Å². The Hall–Kier alpha value is -3.44. The summed E-state index contributed by atoms with van der Waals surface area (Å²) in [5, 5.41) is 2.51. The molecule has 1 aliphatic heterocycles. The Kier molecular flexibility index (Phi) is 7.37. The highest BCUT2D eigenvalue weighted by Gasteiger charge is 2.37. The number of methoxy groups -OCH3 is 1. The van der Waals surface area contributed by atoms with Gasteiger partial charge in [-0.15, -0.1) is 0 Å². The van der Waals surface area contributed by atoms with Crippen molar-refractivity contribution in [2.75, 3.05) is 12.0 Å². The van der Waals surface area contributed by atoms with Gasteiger partial charge >= 0.3 is 6.03 Å². The highest BCUT2D eigenvalue weighted by Crippen LogP contribution is 2.35. The maximum absolute atomic E-state index is 13.5. The van der Waals surface area contributed by atoms with Crippen LogP contribution in [0.5, 0.6) is 11.5 Å². The van der Waals surface area contributed by atoms with E-state index >= 15 is 0 Å². The molecule has 0 bridgehead atoms. The SMILES string of the molecule is COc1cc(/C=C2\C(=O)NC(=O)N(c3cccc(Cl)c3)C2=O)cc(I)c1OCc1cccc(F)c1. The smallest absolute Gasteiger partial charge is 0.335 e. The maximum Gasteiger partial charge on any atom is 0.335 e. The molecular weight excluding hydrogens is 590 g/mol. The summed E-state index contributed by atoms with van der Waals surface area (Å²) >= 11 is 8.03. The Balaban J connectivity index is 1.64. The number of carbonyl (C=O) groups excluding carboxylic acids is 3. The molecule has 0 spiro atoms. The zero-order valence-corrected chi connectivity index (χ0v) is 21.1. The van der Waals surface area contributed by atoms with Crippen LogP contribution in [0.1, 0.15) is 11.1 Å². The molecule has 1 aliphatic rings. The minimum absolute atomic E-state index is 0.113. The van der Waals surface area contributed by atoms with Gasteiger partial charge in [0.25, 0.3) is 11.8 Å². The number of nitrogens with one attached hydrogen (secondary N) is 1. The van der Waals surface area contributed by atoms with Gasteiger partial charge in [0, 0.05) is 5.02 Å². The fraction of sp³-hybridized carbons (Fsp3) is 0.0800. The van der Waals surface area contributed by atoms with Crippen molar-refractivity contribution in [1.82, 2.24) is 5.32 Å². The summed E-state index contributed by atoms with van der Waals surface area (Å²) in [5.74, 6) is -1.20. The van der Waals surface area contributed by atoms with Crippen LogP contribution in [-0.2, 0) is 16.2 Å². The molecule has 7 nitrogen and oxygen atoms in total. The van der Waals surface area contributed by atoms with Crippen LogP contribution in [0.2, 0.25) is 5.02 Å². The highest BCUT2D eigenvalue weighted by atomic mass is 127. The average molecular weight is 607 g/mol. The first kappa shape index (κ1) is 24.7. The van der Waals surface area contributed by atoms with Crippen LogP contribution in [0, 0.1) is 9.39 Å². The van der Waals surface area contributed by atoms with E-state index in [1.54, 1.807) is 36.4 Å². The predicted octanol–water partition coefficient (Wildman–Crippen LogP) is 5.34. The number of urea groups is 1. The minimum atomic E-state index is -0.868. The topological polar surface area (TPSA) is 84.9 Å². The molecule has 1 N–H and O–H groups in total. The average Bonchev–Trinajstić information content (AvgIpc) is 2.80. The Morgan fingerprint density at radius 3 is 2.57 bits per heavy atom. The molecule has 4 amide bonds. The van der Waals surface area contributed by atoms with Crippen molar-refractivity contribution >= 4 is 63.8 Å². The molecule has 1 heterocycles. The third kappa shape index (κ3) is 5.46. The van der Waals surface area contributed by atoms with Crippen LogP contribution in [0.25, 0.3) is 6.08 Å². The van der Waals surface area contributed by atoms with Crippen LogP contribution in [0.4, 0.5) is 14.9 Å². The first-order valence-corrected chi connectivity index (χ1v) is 11.6. The number of hydrogen-bond acceptors (Lipinski definition) is 5. The zero-order chi connectivity index (χ0) is 25.1. The number of anilines is 1. The Morgan fingerprint density at radius 1 is 1.09 bits per heavy atom. The summed E-state index contributed by atoms with van der Waals surface area (Å²) in [5.41, 5.74) is 1.11. The van der Waals surface area contributed by atoms with Gasteiger partial charge in [0.2, 0.25) is 0 Å². The van der Waals surface area contributed by atoms with Crippen molar-refractivity contribution in [3.8, 4) is 11.5 Å². The molecular formula is C25H17ClFIN2O5. The second-order valence-corrected chi connectivity index (χ2v) is 8.99. The lowest BCUT2D eigenvalue weighted by atomic mass is 10.1. The number of rotatable bonds is 6. The van der Waals surface area contributed by atoms with Gasteiger partial charge in [-0.1, -0.05) is 29.8 Å². The van der Waals surface area contributed by atoms with Gasteiger partial charge in [-0.25, -0.2) is 14.1 Å². The third-order valence-electron chi connectivity index (χ3n) is 5.00. The first-order chi connectivity index (χ1) is 16.8. The molecule has 0 radical (unpaired) electrons. The fourth-order valence-electron chi connectivity index (χ4n) is 3.42. The number of carbonyl (C=O) groups is 3. The lowest BCUT2D eigenvalue weighted by molar-refractivity contribution is -0.122. The van der Waals surface area contributed by atoms with E-state index in [-0.39, 0.29) is 23.7 Å². The minimum Gasteiger partial charge on any atom is -0.493 e. The molecule has 10 heteroatoms. The van der Waals surface area contributed by atoms with E-state index < -0.39 is 17.8 Å². The van der Waals surface area contributed by atoms with Crippen molar-refractivity contribution < 1.29 is 28.2 Å². The Labute approximate surface area is 218 Å². The standard InChI is InChI=1S/C25H17ClFIN2O5/c1-34-21-11-15(10-20(28)22(21)35-13-14-4-2-6-17(27)8-14)9-19-23(31)29-25(33)30(24(19)32)18-7-3-5-16(26)12-18/h2-12H,13H2,1H3,(H,29,31,33)/b19-9+. The van der Waals surface area contributed by atoms with Gasteiger partial charge in [0.15, 0.2) is 11.5 Å². The van der Waals surface area contributed by atoms with Crippen molar-refractivity contribution in [3.05, 3.63) is 91.8 Å². The van der Waals surface area contributed by atoms with Crippen LogP contribution >= 0.6 is 34.2 Å². The molecule has 3 aromatic rings. The first-order valence-electron chi connectivity index (χ1n) is 10.2. The van der Waals surface area contributed by atoms with Crippen molar-refractivity contribution in [3.63, 3.8) is 0 Å². The van der Waals surface area contributed by atoms with Crippen molar-refractivity contribution in [2.24, 2.45) is 0 Å². The second-order valence-electron chi connectivity index (χ2n) is 7.39. The van der Waals surface area contributed by atoms with E-state index in [9.17, 15) is 18.8 Å². The maximum atomic E-state index is 13.5. The number of imide groups is 2. The highest BCUT2D eigenvalue weighted by molar-refractivity contribution is 14.1. The Morgan fingerprint density at radius 2 is 1.86 bits per heavy atom. The van der Waals surface area contributed by atoms with Crippen LogP contribution < -0.4 is 19.7 Å². The second kappa shape index (κ2) is 10.4. The van der Waals surface area contributed by atoms with E-state index in [1.807, 2.05) is 22.6 Å². The number of benzene rings is 3. The number of halogens is 3. The molecule has 0 saturated carbocycles. The van der Waals surface area contributed by atoms with Crippen molar-refractivity contribution in [1.29, 1.82) is 0 Å². The molecule has 3 aromatic carbocycles. The molecule has 1 saturated heterocycles. The van der Waals surface area contributed by atoms with E-state index in [0.29, 0.717) is 31.2 Å². The third-order valence-corrected chi connectivity index (χ3v) is 6.04. The molecule has 178 valence electrons. The van der Waals surface area contributed by atoms with Gasteiger partial charge in [-0.05, 0) is 82.3 Å². The van der Waals surface area contributed by atoms with Crippen LogP contribution in [-0.4, -0.2) is 25.0 Å². The van der Waals surface area contributed by atoms with Gasteiger partial charge in [0.05, 0.1) is 16.4 Å². The van der Waals surface area contributed by atoms with Gasteiger partial charge in [0.1, 0.15) is 18.0 Å². The normalized spacial score (nSPS) is 14.8. The van der Waals surface area contributed by atoms with E-state index in [2.05, 4.69) is 5.32 Å². The summed E-state index contributed by atoms with van der Waals surface area (Å²) in [4.78, 5) is 38.8. The Bertz CT molecular complexity index is 1380. The molecule has 0 atom stereocenters. The number of hydrogen-bond donors (Lipinski definition) is 1. The number of ether oxygens (including phenoxy) is 2. The molecule has 4 rings (SSSR count). The monoisotopic (exact) mass is 606 g/mol. The number of nitrogens with zero attached hydrogens (tertiary/aromatic N) is 1. The van der Waals surface area contributed by atoms with Crippen LogP contribution in [0.3, 0.4) is 0 Å². The lowest BCUT2D eigenvalue weighted by Gasteiger charge is -2.26. The summed E-state index contributed by atoms with van der Waals surface area (Å²) < 4.78 is 25.4. The number of amides is 4. The summed E-state index contributed by atoms with van der Waals surface area (Å²) in [6.45, 7) is 0.113. The molecule has 0 unspecified atom stereocenters. The van der Waals surface area contributed by atoms with E-state index in [0.717, 1.165) is 4.90 Å². The van der Waals surface area contributed by atoms with Gasteiger partial charge in [-0.3, -0.25) is 14.9 Å². The number of barbiturate groups is 1. The molecule has 1 fully saturated rings. The molecule has 0 aliphatic carbocycles. The summed E-state index contributed by atoms with van der Waals surface area (Å²) in [6.07, 6.45) is 1.36. The lowest BCUT2D eigenvalue weighted by Crippen LogP contribution is -2.54. The summed E-state index contributed by atoms with van der Waals surface area (Å²) in [6, 6.07) is 14.6. The van der Waals surface area contributed by atoms with E-state index in [1.165, 1.54) is 37.5 Å². The summed E-state index contributed by atoms with van der Waals surface area (Å²) in [7, 11) is 1.45. The van der Waals surface area contributed by atoms with Gasteiger partial charge < -0.3 is 9.47 Å². The largest absolute Gasteiger partial charge is 0.493 e. The quantitative estimate of drug-likeness (QED) is 0.233.